The van der Waals surface area contributed by atoms with Gasteiger partial charge in [-0.05, 0) is 44.4 Å². The van der Waals surface area contributed by atoms with Crippen LogP contribution in [0.5, 0.6) is 0 Å². The largest absolute Gasteiger partial charge is 0.467 e. The van der Waals surface area contributed by atoms with E-state index in [9.17, 15) is 4.79 Å². The molecule has 0 unspecified atom stereocenters. The first kappa shape index (κ1) is 19.4. The number of rotatable bonds is 8. The highest BCUT2D eigenvalue weighted by atomic mass is 32.2. The fourth-order valence-corrected chi connectivity index (χ4v) is 3.69. The Kier molecular flexibility index (Phi) is 6.15. The highest BCUT2D eigenvalue weighted by Crippen LogP contribution is 2.20. The number of nitrogens with zero attached hydrogens (tertiary/aromatic N) is 5. The molecule has 3 heterocycles. The summed E-state index contributed by atoms with van der Waals surface area (Å²) in [7, 11) is 1.76. The molecule has 0 saturated heterocycles. The number of carbonyl (C=O) groups excluding carboxylic acids is 1. The zero-order valence-corrected chi connectivity index (χ0v) is 17.0. The number of carbonyl (C=O) groups is 1. The van der Waals surface area contributed by atoms with E-state index >= 15 is 0 Å². The predicted molar refractivity (Wildman–Crippen MR) is 105 cm³/mol. The molecule has 0 aliphatic rings. The van der Waals surface area contributed by atoms with Gasteiger partial charge >= 0.3 is 0 Å². The summed E-state index contributed by atoms with van der Waals surface area (Å²) in [6.07, 6.45) is 4.87. The van der Waals surface area contributed by atoms with E-state index in [4.69, 9.17) is 4.42 Å². The molecule has 3 aromatic rings. The van der Waals surface area contributed by atoms with Gasteiger partial charge in [0, 0.05) is 18.4 Å². The second-order valence-corrected chi connectivity index (χ2v) is 7.53. The van der Waals surface area contributed by atoms with Gasteiger partial charge in [0.15, 0.2) is 0 Å². The van der Waals surface area contributed by atoms with Crippen molar-refractivity contribution in [3.05, 3.63) is 41.1 Å². The first-order valence-corrected chi connectivity index (χ1v) is 10.1. The van der Waals surface area contributed by atoms with Crippen molar-refractivity contribution < 1.29 is 9.21 Å². The number of hydrogen-bond acceptors (Lipinski definition) is 6. The topological polar surface area (TPSA) is 76.5 Å². The summed E-state index contributed by atoms with van der Waals surface area (Å²) in [6.45, 7) is 6.71. The van der Waals surface area contributed by atoms with Crippen LogP contribution in [0.25, 0.3) is 5.78 Å². The second-order valence-electron chi connectivity index (χ2n) is 6.59. The Balaban J connectivity index is 1.68. The first-order chi connectivity index (χ1) is 13.0. The molecule has 0 bridgehead atoms. The zero-order chi connectivity index (χ0) is 19.4. The molecule has 0 atom stereocenters. The number of thioether (sulfide) groups is 1. The number of aromatic nitrogens is 4. The lowest BCUT2D eigenvalue weighted by Crippen LogP contribution is -2.27. The predicted octanol–water partition coefficient (Wildman–Crippen LogP) is 3.43. The van der Waals surface area contributed by atoms with Crippen molar-refractivity contribution in [3.63, 3.8) is 0 Å². The lowest BCUT2D eigenvalue weighted by atomic mass is 10.1. The molecular formula is C19H25N5O2S. The van der Waals surface area contributed by atoms with E-state index in [-0.39, 0.29) is 11.7 Å². The average molecular weight is 388 g/mol. The van der Waals surface area contributed by atoms with Gasteiger partial charge in [0.05, 0.1) is 18.6 Å². The molecule has 0 saturated carbocycles. The summed E-state index contributed by atoms with van der Waals surface area (Å²) in [5.74, 6) is 1.62. The maximum Gasteiger partial charge on any atom is 0.253 e. The third kappa shape index (κ3) is 4.50. The minimum Gasteiger partial charge on any atom is -0.467 e. The van der Waals surface area contributed by atoms with Gasteiger partial charge in [-0.25, -0.2) is 9.50 Å². The van der Waals surface area contributed by atoms with Gasteiger partial charge in [-0.2, -0.15) is 4.98 Å². The normalized spacial score (nSPS) is 11.3. The van der Waals surface area contributed by atoms with Crippen molar-refractivity contribution in [2.45, 2.75) is 51.7 Å². The molecule has 0 N–H and O–H groups in total. The van der Waals surface area contributed by atoms with E-state index in [2.05, 4.69) is 28.9 Å². The van der Waals surface area contributed by atoms with Gasteiger partial charge in [0.2, 0.25) is 11.1 Å². The molecule has 3 aromatic heterocycles. The van der Waals surface area contributed by atoms with E-state index in [1.165, 1.54) is 17.3 Å². The molecule has 0 aromatic carbocycles. The van der Waals surface area contributed by atoms with Crippen LogP contribution in [0.4, 0.5) is 0 Å². The number of furan rings is 1. The van der Waals surface area contributed by atoms with Crippen LogP contribution in [0.15, 0.2) is 28.0 Å². The van der Waals surface area contributed by atoms with Crippen LogP contribution in [0.1, 0.15) is 42.5 Å². The van der Waals surface area contributed by atoms with Crippen LogP contribution in [-0.2, 0) is 17.8 Å². The Hall–Kier alpha value is -2.35. The smallest absolute Gasteiger partial charge is 0.253 e. The van der Waals surface area contributed by atoms with Crippen LogP contribution >= 0.6 is 11.8 Å². The molecule has 0 aliphatic carbocycles. The number of hydrogen-bond donors (Lipinski definition) is 0. The zero-order valence-electron chi connectivity index (χ0n) is 16.2. The molecular weight excluding hydrogens is 362 g/mol. The monoisotopic (exact) mass is 387 g/mol. The molecule has 0 aliphatic heterocycles. The standard InChI is InChI=1S/C19H25N5O2S/c1-5-6-9-16-13(2)20-18-21-19(22-24(18)14(16)3)27-12-17(25)23(4)11-15-8-7-10-26-15/h7-8,10H,5-6,9,11-12H2,1-4H3. The minimum absolute atomic E-state index is 0.000229. The van der Waals surface area contributed by atoms with Gasteiger partial charge in [-0.15, -0.1) is 5.10 Å². The summed E-state index contributed by atoms with van der Waals surface area (Å²) >= 11 is 1.33. The Labute approximate surface area is 163 Å². The van der Waals surface area contributed by atoms with E-state index < -0.39 is 0 Å². The van der Waals surface area contributed by atoms with E-state index in [0.29, 0.717) is 17.5 Å². The number of aryl methyl sites for hydroxylation is 2. The van der Waals surface area contributed by atoms with E-state index in [0.717, 1.165) is 36.4 Å². The Morgan fingerprint density at radius 3 is 2.85 bits per heavy atom. The molecule has 144 valence electrons. The maximum absolute atomic E-state index is 12.3. The van der Waals surface area contributed by atoms with Crippen LogP contribution in [-0.4, -0.2) is 43.2 Å². The summed E-state index contributed by atoms with van der Waals surface area (Å²) < 4.78 is 7.07. The third-order valence-electron chi connectivity index (χ3n) is 4.53. The van der Waals surface area contributed by atoms with Crippen molar-refractivity contribution in [1.82, 2.24) is 24.5 Å². The minimum atomic E-state index is -0.000229. The fraction of sp³-hybridized carbons (Fsp3) is 0.474. The third-order valence-corrected chi connectivity index (χ3v) is 5.36. The molecule has 3 rings (SSSR count). The van der Waals surface area contributed by atoms with Crippen LogP contribution < -0.4 is 0 Å². The van der Waals surface area contributed by atoms with Crippen molar-refractivity contribution >= 4 is 23.4 Å². The van der Waals surface area contributed by atoms with Crippen LogP contribution in [0.2, 0.25) is 0 Å². The first-order valence-electron chi connectivity index (χ1n) is 9.11. The van der Waals surface area contributed by atoms with Crippen LogP contribution in [0.3, 0.4) is 0 Å². The lowest BCUT2D eigenvalue weighted by Gasteiger charge is -2.14. The van der Waals surface area contributed by atoms with Crippen molar-refractivity contribution in [2.75, 3.05) is 12.8 Å². The SMILES string of the molecule is CCCCc1c(C)nc2nc(SCC(=O)N(C)Cc3ccco3)nn2c1C. The van der Waals surface area contributed by atoms with Gasteiger partial charge in [0.25, 0.3) is 5.78 Å². The van der Waals surface area contributed by atoms with E-state index in [1.807, 2.05) is 19.1 Å². The van der Waals surface area contributed by atoms with Crippen molar-refractivity contribution in [2.24, 2.45) is 0 Å². The molecule has 0 radical (unpaired) electrons. The average Bonchev–Trinajstić information content (AvgIpc) is 3.29. The van der Waals surface area contributed by atoms with Gasteiger partial charge in [-0.1, -0.05) is 25.1 Å². The summed E-state index contributed by atoms with van der Waals surface area (Å²) in [5, 5.41) is 5.11. The van der Waals surface area contributed by atoms with Crippen LogP contribution in [0, 0.1) is 13.8 Å². The lowest BCUT2D eigenvalue weighted by molar-refractivity contribution is -0.127. The second kappa shape index (κ2) is 8.56. The van der Waals surface area contributed by atoms with Crippen molar-refractivity contribution in [3.8, 4) is 0 Å². The van der Waals surface area contributed by atoms with Crippen molar-refractivity contribution in [1.29, 1.82) is 0 Å². The molecule has 8 heteroatoms. The van der Waals surface area contributed by atoms with Gasteiger partial charge < -0.3 is 9.32 Å². The molecule has 7 nitrogen and oxygen atoms in total. The Morgan fingerprint density at radius 1 is 1.33 bits per heavy atom. The summed E-state index contributed by atoms with van der Waals surface area (Å²) in [5.41, 5.74) is 3.32. The number of amides is 1. The highest BCUT2D eigenvalue weighted by Gasteiger charge is 2.16. The molecule has 0 spiro atoms. The molecule has 0 fully saturated rings. The highest BCUT2D eigenvalue weighted by molar-refractivity contribution is 7.99. The maximum atomic E-state index is 12.3. The summed E-state index contributed by atoms with van der Waals surface area (Å²) in [6, 6.07) is 3.67. The molecule has 1 amide bonds. The Bertz CT molecular complexity index is 920. The van der Waals surface area contributed by atoms with Gasteiger partial charge in [-0.3, -0.25) is 4.79 Å². The molecule has 27 heavy (non-hydrogen) atoms. The number of fused-ring (bicyclic) bond motifs is 1. The number of unbranched alkanes of at least 4 members (excludes halogenated alkanes) is 1. The van der Waals surface area contributed by atoms with E-state index in [1.54, 1.807) is 22.7 Å². The summed E-state index contributed by atoms with van der Waals surface area (Å²) in [4.78, 5) is 23.0. The Morgan fingerprint density at radius 2 is 2.15 bits per heavy atom. The fourth-order valence-electron chi connectivity index (χ4n) is 2.93. The van der Waals surface area contributed by atoms with Gasteiger partial charge in [0.1, 0.15) is 5.76 Å². The quantitative estimate of drug-likeness (QED) is 0.551.